The van der Waals surface area contributed by atoms with Gasteiger partial charge in [-0.05, 0) is 52.7 Å². The van der Waals surface area contributed by atoms with Crippen LogP contribution in [-0.2, 0) is 0 Å². The maximum atomic E-state index is 13.4. The Bertz CT molecular complexity index is 3060. The first-order valence-corrected chi connectivity index (χ1v) is 16.0. The molecule has 5 aromatic rings. The molecule has 0 amide bonds. The van der Waals surface area contributed by atoms with Crippen molar-refractivity contribution in [3.8, 4) is 56.4 Å². The van der Waals surface area contributed by atoms with E-state index in [4.69, 9.17) is 8.83 Å². The molecule has 0 fully saturated rings. The molecule has 2 aliphatic heterocycles. The molecule has 10 nitrogen and oxygen atoms in total. The SMILES string of the molecule is O=C(O)c1cc(-c2c3ccc(=O)cc-3oc3cc(O)c4ccccc4c23)cc(C(=O)O)c1-c1c2ccc(=O)cc-2oc2cc(O)c3ccccc3c12. The fraction of sp³-hybridized carbons (Fsp3) is 0. The highest BCUT2D eigenvalue weighted by molar-refractivity contribution is 6.23. The summed E-state index contributed by atoms with van der Waals surface area (Å²) >= 11 is 0. The standard InChI is InChI=1S/C42H22O10/c43-20-9-11-26-32(15-20)51-34-17-30(45)22-5-1-3-7-24(22)38(34)36(26)19-13-28(41(47)48)37(29(14-19)42(49)50)40-27-12-10-21(44)16-33(27)52-35-18-31(46)23-6-2-4-8-25(23)39(35)40/h1-18,45-46H,(H,47,48)(H,49,50). The van der Waals surface area contributed by atoms with E-state index in [1.54, 1.807) is 48.5 Å². The van der Waals surface area contributed by atoms with Gasteiger partial charge < -0.3 is 29.3 Å². The van der Waals surface area contributed by atoms with Crippen molar-refractivity contribution in [2.24, 2.45) is 0 Å². The number of hydrogen-bond acceptors (Lipinski definition) is 8. The van der Waals surface area contributed by atoms with E-state index >= 15 is 0 Å². The molecule has 52 heavy (non-hydrogen) atoms. The van der Waals surface area contributed by atoms with Gasteiger partial charge in [0, 0.05) is 73.6 Å². The fourth-order valence-electron chi connectivity index (χ4n) is 7.39. The number of phenolic OH excluding ortho intramolecular Hbond substituents is 2. The average Bonchev–Trinajstić information content (AvgIpc) is 3.12. The Morgan fingerprint density at radius 2 is 0.904 bits per heavy atom. The van der Waals surface area contributed by atoms with Crippen LogP contribution in [0.15, 0.2) is 128 Å². The van der Waals surface area contributed by atoms with Crippen LogP contribution in [-0.4, -0.2) is 32.4 Å². The molecular weight excluding hydrogens is 664 g/mol. The molecule has 0 bridgehead atoms. The van der Waals surface area contributed by atoms with Crippen molar-refractivity contribution < 1.29 is 38.8 Å². The zero-order valence-corrected chi connectivity index (χ0v) is 26.6. The molecule has 5 aromatic carbocycles. The van der Waals surface area contributed by atoms with Crippen molar-refractivity contribution in [1.29, 1.82) is 0 Å². The van der Waals surface area contributed by atoms with E-state index in [0.29, 0.717) is 43.4 Å². The highest BCUT2D eigenvalue weighted by atomic mass is 16.4. The number of carboxylic acid groups (broad SMARTS) is 2. The first kappa shape index (κ1) is 30.6. The van der Waals surface area contributed by atoms with Gasteiger partial charge in [-0.3, -0.25) is 9.59 Å². The van der Waals surface area contributed by atoms with Gasteiger partial charge in [-0.25, -0.2) is 9.59 Å². The van der Waals surface area contributed by atoms with Gasteiger partial charge in [0.2, 0.25) is 0 Å². The minimum atomic E-state index is -1.44. The summed E-state index contributed by atoms with van der Waals surface area (Å²) in [5, 5.41) is 46.4. The molecule has 4 N–H and O–H groups in total. The van der Waals surface area contributed by atoms with Crippen molar-refractivity contribution in [2.75, 3.05) is 0 Å². The summed E-state index contributed by atoms with van der Waals surface area (Å²) < 4.78 is 12.3. The van der Waals surface area contributed by atoms with Gasteiger partial charge in [0.05, 0.1) is 11.1 Å². The van der Waals surface area contributed by atoms with Crippen LogP contribution < -0.4 is 10.9 Å². The van der Waals surface area contributed by atoms with Gasteiger partial charge in [-0.15, -0.1) is 0 Å². The summed E-state index contributed by atoms with van der Waals surface area (Å²) in [6, 6.07) is 27.4. The number of hydrogen-bond donors (Lipinski definition) is 4. The predicted octanol–water partition coefficient (Wildman–Crippen LogP) is 8.56. The number of benzene rings is 7. The lowest BCUT2D eigenvalue weighted by molar-refractivity contribution is 0.0696. The largest absolute Gasteiger partial charge is 0.507 e. The molecule has 250 valence electrons. The Labute approximate surface area is 291 Å². The molecule has 0 atom stereocenters. The number of carbonyl (C=O) groups is 2. The second kappa shape index (κ2) is 11.0. The molecule has 0 saturated heterocycles. The second-order valence-electron chi connectivity index (χ2n) is 12.5. The minimum absolute atomic E-state index is 0.0581. The monoisotopic (exact) mass is 686 g/mol. The van der Waals surface area contributed by atoms with Crippen LogP contribution in [0.2, 0.25) is 0 Å². The lowest BCUT2D eigenvalue weighted by Gasteiger charge is -2.22. The second-order valence-corrected chi connectivity index (χ2v) is 12.5. The van der Waals surface area contributed by atoms with E-state index in [0.717, 1.165) is 0 Å². The van der Waals surface area contributed by atoms with E-state index in [-0.39, 0.29) is 73.0 Å². The number of rotatable bonds is 4. The van der Waals surface area contributed by atoms with E-state index < -0.39 is 17.4 Å². The zero-order chi connectivity index (χ0) is 36.0. The molecule has 2 heterocycles. The molecule has 2 aliphatic carbocycles. The van der Waals surface area contributed by atoms with Gasteiger partial charge in [-0.2, -0.15) is 0 Å². The third kappa shape index (κ3) is 4.44. The van der Waals surface area contributed by atoms with E-state index in [2.05, 4.69) is 0 Å². The summed E-state index contributed by atoms with van der Waals surface area (Å²) in [6.45, 7) is 0. The van der Waals surface area contributed by atoms with Gasteiger partial charge in [-0.1, -0.05) is 48.5 Å². The van der Waals surface area contributed by atoms with Crippen LogP contribution in [0.25, 0.3) is 88.4 Å². The van der Waals surface area contributed by atoms with Gasteiger partial charge in [0.25, 0.3) is 0 Å². The number of aromatic carboxylic acids is 2. The van der Waals surface area contributed by atoms with Gasteiger partial charge in [0.15, 0.2) is 10.9 Å². The fourth-order valence-corrected chi connectivity index (χ4v) is 7.39. The summed E-state index contributed by atoms with van der Waals surface area (Å²) in [6.07, 6.45) is 0. The molecule has 0 aromatic heterocycles. The quantitative estimate of drug-likeness (QED) is 0.104. The smallest absolute Gasteiger partial charge is 0.336 e. The van der Waals surface area contributed by atoms with Crippen molar-refractivity contribution in [3.05, 3.63) is 141 Å². The van der Waals surface area contributed by atoms with Crippen molar-refractivity contribution >= 4 is 55.4 Å². The lowest BCUT2D eigenvalue weighted by Crippen LogP contribution is -2.10. The van der Waals surface area contributed by atoms with Gasteiger partial charge in [0.1, 0.15) is 34.2 Å². The third-order valence-electron chi connectivity index (χ3n) is 9.50. The number of phenols is 2. The van der Waals surface area contributed by atoms with E-state index in [1.807, 2.05) is 0 Å². The van der Waals surface area contributed by atoms with E-state index in [9.17, 15) is 39.6 Å². The van der Waals surface area contributed by atoms with Crippen LogP contribution in [0, 0.1) is 0 Å². The topological polar surface area (TPSA) is 175 Å². The molecule has 0 spiro atoms. The average molecular weight is 687 g/mol. The summed E-state index contributed by atoms with van der Waals surface area (Å²) in [4.78, 5) is 51.8. The third-order valence-corrected chi connectivity index (χ3v) is 9.50. The summed E-state index contributed by atoms with van der Waals surface area (Å²) in [5.74, 6) is -2.90. The van der Waals surface area contributed by atoms with Crippen molar-refractivity contribution in [3.63, 3.8) is 0 Å². The Morgan fingerprint density at radius 1 is 0.481 bits per heavy atom. The van der Waals surface area contributed by atoms with Crippen LogP contribution in [0.4, 0.5) is 0 Å². The molecule has 9 rings (SSSR count). The molecule has 0 unspecified atom stereocenters. The molecule has 10 heteroatoms. The Hall–Kier alpha value is -7.46. The Morgan fingerprint density at radius 3 is 1.37 bits per heavy atom. The minimum Gasteiger partial charge on any atom is -0.507 e. The number of aromatic hydroxyl groups is 2. The molecular formula is C42H22O10. The lowest BCUT2D eigenvalue weighted by atomic mass is 9.83. The maximum absolute atomic E-state index is 13.4. The highest BCUT2D eigenvalue weighted by Crippen LogP contribution is 2.50. The van der Waals surface area contributed by atoms with E-state index in [1.165, 1.54) is 60.7 Å². The number of fused-ring (bicyclic) bond motifs is 8. The van der Waals surface area contributed by atoms with Crippen LogP contribution in [0.3, 0.4) is 0 Å². The van der Waals surface area contributed by atoms with Gasteiger partial charge >= 0.3 is 11.9 Å². The van der Waals surface area contributed by atoms with Crippen LogP contribution in [0.1, 0.15) is 20.7 Å². The molecule has 0 radical (unpaired) electrons. The zero-order valence-electron chi connectivity index (χ0n) is 26.6. The van der Waals surface area contributed by atoms with Crippen LogP contribution in [0.5, 0.6) is 11.5 Å². The molecule has 0 saturated carbocycles. The van der Waals surface area contributed by atoms with Crippen molar-refractivity contribution in [1.82, 2.24) is 0 Å². The van der Waals surface area contributed by atoms with Crippen molar-refractivity contribution in [2.45, 2.75) is 0 Å². The Balaban J connectivity index is 1.49. The highest BCUT2D eigenvalue weighted by Gasteiger charge is 2.30. The van der Waals surface area contributed by atoms with Crippen LogP contribution >= 0.6 is 0 Å². The number of carboxylic acids is 2. The summed E-state index contributed by atoms with van der Waals surface area (Å²) in [5.41, 5.74) is 0.0628. The molecule has 4 aliphatic rings. The normalized spacial score (nSPS) is 11.7. The first-order chi connectivity index (χ1) is 25.1. The predicted molar refractivity (Wildman–Crippen MR) is 195 cm³/mol. The maximum Gasteiger partial charge on any atom is 0.336 e. The Kier molecular flexibility index (Phi) is 6.48. The summed E-state index contributed by atoms with van der Waals surface area (Å²) in [7, 11) is 0. The first-order valence-electron chi connectivity index (χ1n) is 16.0.